The minimum Gasteiger partial charge on any atom is -0.469 e. The summed E-state index contributed by atoms with van der Waals surface area (Å²) in [5, 5.41) is 0. The van der Waals surface area contributed by atoms with Crippen LogP contribution in [0.1, 0.15) is 47.0 Å². The summed E-state index contributed by atoms with van der Waals surface area (Å²) in [5.74, 6) is 1.33. The summed E-state index contributed by atoms with van der Waals surface area (Å²) in [6, 6.07) is 0. The first-order chi connectivity index (χ1) is 6.86. The number of ether oxygens (including phenoxy) is 1. The summed E-state index contributed by atoms with van der Waals surface area (Å²) < 4.78 is 4.84. The molecule has 1 fully saturated rings. The lowest BCUT2D eigenvalue weighted by molar-refractivity contribution is -0.149. The van der Waals surface area contributed by atoms with Gasteiger partial charge in [0.05, 0.1) is 13.0 Å². The van der Waals surface area contributed by atoms with Crippen molar-refractivity contribution in [3.63, 3.8) is 0 Å². The van der Waals surface area contributed by atoms with E-state index in [0.29, 0.717) is 11.3 Å². The van der Waals surface area contributed by atoms with Crippen LogP contribution in [0.3, 0.4) is 0 Å². The van der Waals surface area contributed by atoms with Crippen LogP contribution in [0.5, 0.6) is 0 Å². The largest absolute Gasteiger partial charge is 0.469 e. The Bertz CT molecular complexity index is 227. The van der Waals surface area contributed by atoms with Gasteiger partial charge in [-0.15, -0.1) is 0 Å². The zero-order chi connectivity index (χ0) is 11.6. The van der Waals surface area contributed by atoms with E-state index in [-0.39, 0.29) is 11.9 Å². The Labute approximate surface area is 93.4 Å². The summed E-state index contributed by atoms with van der Waals surface area (Å²) in [6.45, 7) is 9.06. The van der Waals surface area contributed by atoms with Crippen molar-refractivity contribution in [3.8, 4) is 0 Å². The van der Waals surface area contributed by atoms with Crippen LogP contribution in [-0.2, 0) is 9.53 Å². The highest BCUT2D eigenvalue weighted by molar-refractivity contribution is 5.72. The molecule has 0 radical (unpaired) electrons. The first-order valence-corrected chi connectivity index (χ1v) is 5.94. The van der Waals surface area contributed by atoms with Crippen LogP contribution in [0.15, 0.2) is 0 Å². The topological polar surface area (TPSA) is 26.3 Å². The molecule has 88 valence electrons. The third-order valence-corrected chi connectivity index (χ3v) is 3.90. The lowest BCUT2D eigenvalue weighted by atomic mass is 9.66. The molecule has 0 saturated heterocycles. The maximum atomic E-state index is 11.5. The molecule has 0 aliphatic heterocycles. The van der Waals surface area contributed by atoms with E-state index in [9.17, 15) is 4.79 Å². The molecule has 0 aromatic rings. The third-order valence-electron chi connectivity index (χ3n) is 3.90. The molecule has 0 bridgehead atoms. The van der Waals surface area contributed by atoms with Crippen LogP contribution in [0.2, 0.25) is 0 Å². The summed E-state index contributed by atoms with van der Waals surface area (Å²) in [5.41, 5.74) is 0.370. The molecule has 1 rings (SSSR count). The molecular weight excluding hydrogens is 188 g/mol. The first-order valence-electron chi connectivity index (χ1n) is 5.94. The van der Waals surface area contributed by atoms with Gasteiger partial charge in [0.25, 0.3) is 0 Å². The highest BCUT2D eigenvalue weighted by atomic mass is 16.5. The summed E-state index contributed by atoms with van der Waals surface area (Å²) in [7, 11) is 1.49. The molecule has 1 saturated carbocycles. The van der Waals surface area contributed by atoms with Gasteiger partial charge in [0.1, 0.15) is 0 Å². The fourth-order valence-corrected chi connectivity index (χ4v) is 2.68. The van der Waals surface area contributed by atoms with Crippen molar-refractivity contribution in [1.82, 2.24) is 0 Å². The number of rotatable bonds is 1. The lowest BCUT2D eigenvalue weighted by Gasteiger charge is -2.39. The van der Waals surface area contributed by atoms with E-state index in [1.54, 1.807) is 0 Å². The van der Waals surface area contributed by atoms with Gasteiger partial charge in [0.15, 0.2) is 0 Å². The van der Waals surface area contributed by atoms with E-state index in [0.717, 1.165) is 25.2 Å². The van der Waals surface area contributed by atoms with E-state index >= 15 is 0 Å². The second-order valence-corrected chi connectivity index (χ2v) is 5.98. The molecule has 0 N–H and O–H groups in total. The van der Waals surface area contributed by atoms with Crippen LogP contribution in [0.4, 0.5) is 0 Å². The zero-order valence-corrected chi connectivity index (χ0v) is 10.7. The number of methoxy groups -OCH3 is 1. The van der Waals surface area contributed by atoms with Gasteiger partial charge in [-0.1, -0.05) is 27.7 Å². The Kier molecular flexibility index (Phi) is 3.80. The maximum absolute atomic E-state index is 11.5. The Hall–Kier alpha value is -0.530. The van der Waals surface area contributed by atoms with E-state index < -0.39 is 0 Å². The number of hydrogen-bond acceptors (Lipinski definition) is 2. The van der Waals surface area contributed by atoms with Gasteiger partial charge in [-0.25, -0.2) is 0 Å². The van der Waals surface area contributed by atoms with Crippen molar-refractivity contribution in [1.29, 1.82) is 0 Å². The van der Waals surface area contributed by atoms with Gasteiger partial charge in [0, 0.05) is 0 Å². The molecule has 2 heteroatoms. The summed E-state index contributed by atoms with van der Waals surface area (Å²) >= 11 is 0. The fraction of sp³-hybridized carbons (Fsp3) is 0.923. The van der Waals surface area contributed by atoms with Crippen molar-refractivity contribution in [2.75, 3.05) is 7.11 Å². The predicted octanol–water partition coefficient (Wildman–Crippen LogP) is 3.26. The summed E-state index contributed by atoms with van der Waals surface area (Å²) in [6.07, 6.45) is 3.31. The van der Waals surface area contributed by atoms with Crippen molar-refractivity contribution in [2.24, 2.45) is 23.2 Å². The normalized spacial score (nSPS) is 32.5. The SMILES string of the molecule is COC(=O)[C@H]1CC[C@@H](C(C)(C)C)C[C@H]1C. The van der Waals surface area contributed by atoms with E-state index in [1.807, 2.05) is 0 Å². The van der Waals surface area contributed by atoms with Gasteiger partial charge in [-0.3, -0.25) is 4.79 Å². The fourth-order valence-electron chi connectivity index (χ4n) is 2.68. The Morgan fingerprint density at radius 2 is 1.87 bits per heavy atom. The quantitative estimate of drug-likeness (QED) is 0.624. The Morgan fingerprint density at radius 3 is 2.27 bits per heavy atom. The second kappa shape index (κ2) is 4.54. The molecule has 1 aliphatic carbocycles. The number of carbonyl (C=O) groups excluding carboxylic acids is 1. The van der Waals surface area contributed by atoms with Crippen molar-refractivity contribution >= 4 is 5.97 Å². The monoisotopic (exact) mass is 212 g/mol. The third kappa shape index (κ3) is 2.96. The second-order valence-electron chi connectivity index (χ2n) is 5.98. The van der Waals surface area contributed by atoms with Gasteiger partial charge < -0.3 is 4.74 Å². The Morgan fingerprint density at radius 1 is 1.27 bits per heavy atom. The van der Waals surface area contributed by atoms with Crippen LogP contribution in [-0.4, -0.2) is 13.1 Å². The number of carbonyl (C=O) groups is 1. The molecule has 0 spiro atoms. The zero-order valence-electron chi connectivity index (χ0n) is 10.7. The van der Waals surface area contributed by atoms with Crippen molar-refractivity contribution in [2.45, 2.75) is 47.0 Å². The average molecular weight is 212 g/mol. The van der Waals surface area contributed by atoms with Gasteiger partial charge in [-0.05, 0) is 36.5 Å². The van der Waals surface area contributed by atoms with Crippen molar-refractivity contribution in [3.05, 3.63) is 0 Å². The van der Waals surface area contributed by atoms with E-state index in [1.165, 1.54) is 7.11 Å². The first kappa shape index (κ1) is 12.5. The molecule has 0 heterocycles. The smallest absolute Gasteiger partial charge is 0.308 e. The molecule has 0 aromatic heterocycles. The van der Waals surface area contributed by atoms with Crippen LogP contribution < -0.4 is 0 Å². The Balaban J connectivity index is 2.59. The lowest BCUT2D eigenvalue weighted by Crippen LogP contribution is -2.34. The minimum absolute atomic E-state index is 0.0186. The number of esters is 1. The van der Waals surface area contributed by atoms with Crippen LogP contribution in [0, 0.1) is 23.2 Å². The van der Waals surface area contributed by atoms with E-state index in [4.69, 9.17) is 4.74 Å². The standard InChI is InChI=1S/C13H24O2/c1-9-8-10(13(2,3)4)6-7-11(9)12(14)15-5/h9-11H,6-8H2,1-5H3/t9-,10-,11+/m1/s1. The molecule has 15 heavy (non-hydrogen) atoms. The molecule has 1 aliphatic rings. The van der Waals surface area contributed by atoms with Gasteiger partial charge >= 0.3 is 5.97 Å². The average Bonchev–Trinajstić information content (AvgIpc) is 2.15. The van der Waals surface area contributed by atoms with Crippen LogP contribution in [0.25, 0.3) is 0 Å². The molecule has 0 amide bonds. The summed E-state index contributed by atoms with van der Waals surface area (Å²) in [4.78, 5) is 11.5. The molecule has 0 unspecified atom stereocenters. The van der Waals surface area contributed by atoms with Gasteiger partial charge in [0.2, 0.25) is 0 Å². The minimum atomic E-state index is -0.0186. The maximum Gasteiger partial charge on any atom is 0.308 e. The van der Waals surface area contributed by atoms with E-state index in [2.05, 4.69) is 27.7 Å². The predicted molar refractivity (Wildman–Crippen MR) is 61.5 cm³/mol. The van der Waals surface area contributed by atoms with Gasteiger partial charge in [-0.2, -0.15) is 0 Å². The molecule has 3 atom stereocenters. The van der Waals surface area contributed by atoms with Crippen LogP contribution >= 0.6 is 0 Å². The molecular formula is C13H24O2. The molecule has 2 nitrogen and oxygen atoms in total. The molecule has 0 aromatic carbocycles. The highest BCUT2D eigenvalue weighted by Crippen LogP contribution is 2.42. The van der Waals surface area contributed by atoms with Crippen molar-refractivity contribution < 1.29 is 9.53 Å². The number of hydrogen-bond donors (Lipinski definition) is 0. The highest BCUT2D eigenvalue weighted by Gasteiger charge is 2.37.